The fraction of sp³-hybridized carbons (Fsp3) is 0. The zero-order valence-electron chi connectivity index (χ0n) is 14.0. The van der Waals surface area contributed by atoms with Crippen molar-refractivity contribution < 1.29 is 81.4 Å². The van der Waals surface area contributed by atoms with Crippen molar-refractivity contribution in [2.45, 2.75) is 0 Å². The lowest BCUT2D eigenvalue weighted by atomic mass is 9.94. The molecule has 0 amide bonds. The third-order valence-electron chi connectivity index (χ3n) is 1.98. The average molecular weight is 450 g/mol. The number of rotatable bonds is 0. The lowest BCUT2D eigenvalue weighted by Crippen LogP contribution is -2.20. The molecule has 166 valence electrons. The first-order chi connectivity index (χ1) is 13.4. The highest BCUT2D eigenvalue weighted by atomic mass is 19.2. The molecule has 0 heterocycles. The number of carbonyl (C=O) groups is 6. The van der Waals surface area contributed by atoms with Gasteiger partial charge in [0.05, 0.1) is 0 Å². The molecule has 0 saturated heterocycles. The molecule has 0 unspecified atom stereocenters. The first-order valence-corrected chi connectivity index (χ1v) is 6.26. The Labute approximate surface area is 160 Å². The maximum atomic E-state index is 12.4. The number of carboxylic acids is 6. The van der Waals surface area contributed by atoms with Crippen molar-refractivity contribution in [3.8, 4) is 0 Å². The van der Waals surface area contributed by atoms with E-state index in [1.165, 1.54) is 0 Å². The van der Waals surface area contributed by atoms with Gasteiger partial charge in [0.15, 0.2) is 29.1 Å². The Balaban J connectivity index is -0.000000349. The van der Waals surface area contributed by atoms with E-state index in [-0.39, 0.29) is 0 Å². The number of benzene rings is 1. The highest BCUT2D eigenvalue weighted by Crippen LogP contribution is 2.14. The van der Waals surface area contributed by atoms with Crippen molar-refractivity contribution in [3.63, 3.8) is 0 Å². The zero-order chi connectivity index (χ0) is 24.9. The van der Waals surface area contributed by atoms with Gasteiger partial charge >= 0.3 is 35.8 Å². The predicted molar refractivity (Wildman–Crippen MR) is 80.2 cm³/mol. The van der Waals surface area contributed by atoms with Crippen molar-refractivity contribution in [1.29, 1.82) is 0 Å². The Morgan fingerprint density at radius 2 is 0.567 bits per heavy atom. The summed E-state index contributed by atoms with van der Waals surface area (Å²) in [5.41, 5.74) is -0.869. The fourth-order valence-electron chi connectivity index (χ4n) is 0.715. The van der Waals surface area contributed by atoms with Crippen molar-refractivity contribution in [3.05, 3.63) is 29.1 Å². The highest BCUT2D eigenvalue weighted by molar-refractivity contribution is 6.32. The van der Waals surface area contributed by atoms with Crippen LogP contribution in [-0.4, -0.2) is 74.3 Å². The zero-order valence-corrected chi connectivity index (χ0v) is 14.0. The van der Waals surface area contributed by atoms with Gasteiger partial charge in [0, 0.05) is 0 Å². The summed E-state index contributed by atoms with van der Waals surface area (Å²) in [4.78, 5) is 54.6. The van der Waals surface area contributed by atoms with E-state index in [2.05, 4.69) is 0 Å². The largest absolute Gasteiger partial charge is 0.473 e. The van der Waals surface area contributed by atoms with Crippen LogP contribution in [-0.2, 0) is 28.8 Å². The van der Waals surface area contributed by atoms with E-state index >= 15 is 0 Å². The smallest absolute Gasteiger partial charge is 0.414 e. The van der Waals surface area contributed by atoms with E-state index in [1.54, 1.807) is 0 Å². The molecule has 12 nitrogen and oxygen atoms in total. The second kappa shape index (κ2) is 13.9. The average Bonchev–Trinajstić information content (AvgIpc) is 2.64. The van der Waals surface area contributed by atoms with Gasteiger partial charge in [0.25, 0.3) is 0 Å². The molecule has 0 aliphatic carbocycles. The Morgan fingerprint density at radius 3 is 0.700 bits per heavy atom. The van der Waals surface area contributed by atoms with E-state index < -0.39 is 70.4 Å². The van der Waals surface area contributed by atoms with Crippen LogP contribution in [0.5, 0.6) is 0 Å². The van der Waals surface area contributed by atoms with Gasteiger partial charge in [-0.1, -0.05) is 0 Å². The van der Waals surface area contributed by atoms with E-state index in [0.717, 1.165) is 7.85 Å². The second-order valence-corrected chi connectivity index (χ2v) is 4.03. The van der Waals surface area contributed by atoms with E-state index in [1.807, 2.05) is 0 Å². The maximum absolute atomic E-state index is 12.4. The first-order valence-electron chi connectivity index (χ1n) is 6.26. The Morgan fingerprint density at radius 1 is 0.433 bits per heavy atom. The number of halogens is 5. The number of aliphatic carboxylic acids is 6. The normalized spacial score (nSPS) is 8.57. The number of hydrogen-bond donors (Lipinski definition) is 6. The first kappa shape index (κ1) is 30.5. The van der Waals surface area contributed by atoms with E-state index in [9.17, 15) is 22.0 Å². The molecule has 0 saturated carbocycles. The van der Waals surface area contributed by atoms with Crippen LogP contribution < -0.4 is 5.46 Å². The number of hydrogen-bond acceptors (Lipinski definition) is 6. The molecule has 0 atom stereocenters. The third kappa shape index (κ3) is 12.2. The molecule has 0 aliphatic rings. The minimum absolute atomic E-state index is 0.816. The number of carboxylic acid groups (broad SMARTS) is 6. The van der Waals surface area contributed by atoms with Crippen molar-refractivity contribution in [2.24, 2.45) is 0 Å². The molecule has 0 radical (unpaired) electrons. The fourth-order valence-corrected chi connectivity index (χ4v) is 0.715. The second-order valence-electron chi connectivity index (χ2n) is 4.03. The van der Waals surface area contributed by atoms with Crippen LogP contribution in [0.3, 0.4) is 0 Å². The van der Waals surface area contributed by atoms with Gasteiger partial charge in [0.1, 0.15) is 7.85 Å². The molecule has 1 rings (SSSR count). The molecule has 1 aromatic carbocycles. The summed E-state index contributed by atoms with van der Waals surface area (Å²) in [6.07, 6.45) is 0. The van der Waals surface area contributed by atoms with Crippen LogP contribution in [0.15, 0.2) is 0 Å². The maximum Gasteiger partial charge on any atom is 0.414 e. The van der Waals surface area contributed by atoms with Crippen molar-refractivity contribution in [2.75, 3.05) is 0 Å². The third-order valence-corrected chi connectivity index (χ3v) is 1.98. The molecule has 0 aliphatic heterocycles. The minimum atomic E-state index is -2.13. The summed E-state index contributed by atoms with van der Waals surface area (Å²) in [7, 11) is 0.816. The summed E-state index contributed by atoms with van der Waals surface area (Å²) < 4.78 is 61.6. The molecule has 0 spiro atoms. The van der Waals surface area contributed by atoms with Crippen LogP contribution in [0.25, 0.3) is 0 Å². The molecule has 0 fully saturated rings. The molecular formula is C12H8BF5O12. The van der Waals surface area contributed by atoms with Crippen LogP contribution in [0.1, 0.15) is 0 Å². The molecule has 0 aromatic heterocycles. The minimum Gasteiger partial charge on any atom is -0.473 e. The quantitative estimate of drug-likeness (QED) is 0.0839. The van der Waals surface area contributed by atoms with Gasteiger partial charge in [-0.3, -0.25) is 0 Å². The highest BCUT2D eigenvalue weighted by Gasteiger charge is 2.22. The van der Waals surface area contributed by atoms with E-state index in [4.69, 9.17) is 59.4 Å². The lowest BCUT2D eigenvalue weighted by molar-refractivity contribution is -0.159. The van der Waals surface area contributed by atoms with Gasteiger partial charge < -0.3 is 30.6 Å². The summed E-state index contributed by atoms with van der Waals surface area (Å²) >= 11 is 0. The SMILES string of the molecule is Bc1c(F)c(F)c(F)c(F)c1F.O=C(O)C(=O)O.O=C(O)C(=O)O.O=C(O)C(=O)O. The lowest BCUT2D eigenvalue weighted by Gasteiger charge is -2.02. The van der Waals surface area contributed by atoms with E-state index in [0.29, 0.717) is 0 Å². The Kier molecular flexibility index (Phi) is 14.1. The van der Waals surface area contributed by atoms with Gasteiger partial charge in [-0.2, -0.15) is 0 Å². The summed E-state index contributed by atoms with van der Waals surface area (Å²) in [5.74, 6) is -20.5. The molecule has 0 bridgehead atoms. The summed E-state index contributed by atoms with van der Waals surface area (Å²) in [6, 6.07) is 0. The van der Waals surface area contributed by atoms with Gasteiger partial charge in [0.2, 0.25) is 0 Å². The van der Waals surface area contributed by atoms with Crippen molar-refractivity contribution >= 4 is 49.1 Å². The molecule has 6 N–H and O–H groups in total. The standard InChI is InChI=1S/C6H2BF5.3C2H2O4/c7-1-2(8)4(10)6(12)5(11)3(1)9;3*3-1(4)2(5)6/h7H2;3*(H,3,4)(H,5,6). The molecule has 1 aromatic rings. The molecule has 18 heteroatoms. The molecular weight excluding hydrogens is 442 g/mol. The van der Waals surface area contributed by atoms with Gasteiger partial charge in [-0.15, -0.1) is 0 Å². The van der Waals surface area contributed by atoms with Crippen LogP contribution in [0.4, 0.5) is 22.0 Å². The Hall–Kier alpha value is -4.25. The topological polar surface area (TPSA) is 224 Å². The summed E-state index contributed by atoms with van der Waals surface area (Å²) in [6.45, 7) is 0. The van der Waals surface area contributed by atoms with Gasteiger partial charge in [-0.05, 0) is 5.46 Å². The van der Waals surface area contributed by atoms with Crippen LogP contribution >= 0.6 is 0 Å². The Bertz CT molecular complexity index is 658. The van der Waals surface area contributed by atoms with Gasteiger partial charge in [-0.25, -0.2) is 50.7 Å². The monoisotopic (exact) mass is 450 g/mol. The van der Waals surface area contributed by atoms with Crippen LogP contribution in [0.2, 0.25) is 0 Å². The van der Waals surface area contributed by atoms with Crippen LogP contribution in [0, 0.1) is 29.1 Å². The molecule has 30 heavy (non-hydrogen) atoms. The summed E-state index contributed by atoms with van der Waals surface area (Å²) in [5, 5.41) is 44.3. The predicted octanol–water partition coefficient (Wildman–Crippen LogP) is -1.89. The van der Waals surface area contributed by atoms with Crippen molar-refractivity contribution in [1.82, 2.24) is 0 Å².